The van der Waals surface area contributed by atoms with Crippen molar-refractivity contribution in [3.05, 3.63) is 155 Å². The summed E-state index contributed by atoms with van der Waals surface area (Å²) >= 11 is 0. The summed E-state index contributed by atoms with van der Waals surface area (Å²) in [6, 6.07) is 33.9. The molecular weight excluding hydrogens is 717 g/mol. The van der Waals surface area contributed by atoms with Crippen LogP contribution in [0.3, 0.4) is 0 Å². The lowest BCUT2D eigenvalue weighted by molar-refractivity contribution is 0.0381. The number of hydrogen-bond acceptors (Lipinski definition) is 7. The molecule has 0 fully saturated rings. The standard InChI is InChI=1S/C24H38O4.C14H14.C11H10O4/c1-5-9-13-19(7-3)17-27-23(25)21-15-11-12-16-22(21)24(26)28-18-20(8-4)14-10-6-2;1-3-7-13(8-4-1)11-12-14-9-5-2-6-10-14;1-2-7-15-11(14)9-6-4-3-5-8(9)10(12)13/h11-12,15-16,19-20H,5-10,13-14,17-18H2,1-4H3;1-10H,11-12H2;2-6H,1,7H2,(H,12,13). The van der Waals surface area contributed by atoms with Gasteiger partial charge in [0.1, 0.15) is 6.61 Å². The molecule has 0 aliphatic heterocycles. The van der Waals surface area contributed by atoms with E-state index in [0.717, 1.165) is 64.2 Å². The van der Waals surface area contributed by atoms with E-state index in [9.17, 15) is 19.2 Å². The second-order valence-corrected chi connectivity index (χ2v) is 13.8. The Balaban J connectivity index is 0.000000323. The zero-order valence-electron chi connectivity index (χ0n) is 34.3. The maximum Gasteiger partial charge on any atom is 0.339 e. The van der Waals surface area contributed by atoms with Crippen molar-refractivity contribution in [1.82, 2.24) is 0 Å². The molecule has 0 radical (unpaired) electrons. The molecule has 0 aliphatic rings. The highest BCUT2D eigenvalue weighted by molar-refractivity contribution is 6.03. The number of carboxylic acids is 1. The molecule has 8 heteroatoms. The maximum atomic E-state index is 12.6. The zero-order chi connectivity index (χ0) is 41.7. The smallest absolute Gasteiger partial charge is 0.339 e. The Morgan fingerprint density at radius 1 is 0.544 bits per heavy atom. The molecule has 2 atom stereocenters. The molecule has 0 heterocycles. The van der Waals surface area contributed by atoms with Crippen LogP contribution >= 0.6 is 0 Å². The van der Waals surface area contributed by atoms with Gasteiger partial charge in [0.05, 0.1) is 35.5 Å². The number of rotatable bonds is 21. The van der Waals surface area contributed by atoms with E-state index in [-0.39, 0.29) is 17.7 Å². The van der Waals surface area contributed by atoms with Crippen LogP contribution in [0, 0.1) is 11.8 Å². The molecule has 4 aromatic carbocycles. The summed E-state index contributed by atoms with van der Waals surface area (Å²) in [6.45, 7) is 12.8. The number of unbranched alkanes of at least 4 members (excludes halogenated alkanes) is 2. The Bertz CT molecular complexity index is 1660. The first-order valence-electron chi connectivity index (χ1n) is 20.3. The van der Waals surface area contributed by atoms with E-state index in [1.807, 2.05) is 0 Å². The van der Waals surface area contributed by atoms with Crippen LogP contribution in [0.5, 0.6) is 0 Å². The van der Waals surface area contributed by atoms with Crippen LogP contribution in [0.1, 0.15) is 132 Å². The second kappa shape index (κ2) is 28.8. The molecule has 0 bridgehead atoms. The van der Waals surface area contributed by atoms with Gasteiger partial charge in [0.2, 0.25) is 0 Å². The molecule has 0 saturated heterocycles. The van der Waals surface area contributed by atoms with Gasteiger partial charge in [-0.2, -0.15) is 0 Å². The molecular formula is C49H62O8. The Labute approximate surface area is 340 Å². The predicted molar refractivity (Wildman–Crippen MR) is 228 cm³/mol. The van der Waals surface area contributed by atoms with Crippen molar-refractivity contribution < 1.29 is 38.5 Å². The number of hydrogen-bond donors (Lipinski definition) is 1. The summed E-state index contributed by atoms with van der Waals surface area (Å²) in [6.07, 6.45) is 12.3. The SMILES string of the molecule is C=CCOC(=O)c1ccccc1C(=O)O.CCCCC(CC)COC(=O)c1ccccc1C(=O)OCC(CC)CCCC.c1ccc(CCc2ccccc2)cc1. The van der Waals surface area contributed by atoms with E-state index in [1.165, 1.54) is 29.3 Å². The molecule has 57 heavy (non-hydrogen) atoms. The average Bonchev–Trinajstić information content (AvgIpc) is 3.26. The van der Waals surface area contributed by atoms with Gasteiger partial charge in [-0.1, -0.05) is 164 Å². The van der Waals surface area contributed by atoms with Crippen molar-refractivity contribution in [2.45, 2.75) is 91.9 Å². The van der Waals surface area contributed by atoms with Crippen molar-refractivity contribution in [2.75, 3.05) is 19.8 Å². The van der Waals surface area contributed by atoms with Gasteiger partial charge in [0, 0.05) is 0 Å². The van der Waals surface area contributed by atoms with Crippen LogP contribution in [-0.2, 0) is 27.1 Å². The Kier molecular flexibility index (Phi) is 24.1. The number of esters is 3. The van der Waals surface area contributed by atoms with E-state index >= 15 is 0 Å². The van der Waals surface area contributed by atoms with Crippen molar-refractivity contribution in [2.24, 2.45) is 11.8 Å². The molecule has 0 amide bonds. The first kappa shape index (κ1) is 47.7. The summed E-state index contributed by atoms with van der Waals surface area (Å²) in [5.74, 6) is -1.96. The molecule has 4 rings (SSSR count). The van der Waals surface area contributed by atoms with E-state index < -0.39 is 23.9 Å². The van der Waals surface area contributed by atoms with Crippen LogP contribution in [0.25, 0.3) is 0 Å². The van der Waals surface area contributed by atoms with Crippen LogP contribution in [0.15, 0.2) is 122 Å². The monoisotopic (exact) mass is 778 g/mol. The lowest BCUT2D eigenvalue weighted by Crippen LogP contribution is -2.19. The van der Waals surface area contributed by atoms with Crippen molar-refractivity contribution in [1.29, 1.82) is 0 Å². The number of carbonyl (C=O) groups is 4. The van der Waals surface area contributed by atoms with Crippen LogP contribution in [0.2, 0.25) is 0 Å². The second-order valence-electron chi connectivity index (χ2n) is 13.8. The van der Waals surface area contributed by atoms with Gasteiger partial charge < -0.3 is 19.3 Å². The number of ether oxygens (including phenoxy) is 3. The zero-order valence-corrected chi connectivity index (χ0v) is 34.3. The summed E-state index contributed by atoms with van der Waals surface area (Å²) < 4.78 is 15.8. The number of aryl methyl sites for hydroxylation is 2. The Morgan fingerprint density at radius 2 is 0.895 bits per heavy atom. The number of benzene rings is 4. The molecule has 2 unspecified atom stereocenters. The highest BCUT2D eigenvalue weighted by atomic mass is 16.5. The van der Waals surface area contributed by atoms with Crippen molar-refractivity contribution >= 4 is 23.9 Å². The van der Waals surface area contributed by atoms with E-state index in [1.54, 1.807) is 36.4 Å². The number of carboxylic acid groups (broad SMARTS) is 1. The first-order chi connectivity index (χ1) is 27.7. The summed E-state index contributed by atoms with van der Waals surface area (Å²) in [4.78, 5) is 47.3. The molecule has 0 saturated carbocycles. The molecule has 306 valence electrons. The molecule has 8 nitrogen and oxygen atoms in total. The number of carbonyl (C=O) groups excluding carboxylic acids is 3. The molecule has 0 aromatic heterocycles. The van der Waals surface area contributed by atoms with Gasteiger partial charge in [-0.25, -0.2) is 19.2 Å². The third-order valence-electron chi connectivity index (χ3n) is 9.45. The van der Waals surface area contributed by atoms with Crippen LogP contribution in [0.4, 0.5) is 0 Å². The highest BCUT2D eigenvalue weighted by Gasteiger charge is 2.21. The summed E-state index contributed by atoms with van der Waals surface area (Å²) in [5.41, 5.74) is 3.39. The minimum absolute atomic E-state index is 0.0480. The van der Waals surface area contributed by atoms with Gasteiger partial charge in [0.15, 0.2) is 0 Å². The first-order valence-corrected chi connectivity index (χ1v) is 20.3. The fraction of sp³-hybridized carbons (Fsp3) is 0.388. The summed E-state index contributed by atoms with van der Waals surface area (Å²) in [7, 11) is 0. The van der Waals surface area contributed by atoms with E-state index in [2.05, 4.69) is 94.9 Å². The quantitative estimate of drug-likeness (QED) is 0.0505. The summed E-state index contributed by atoms with van der Waals surface area (Å²) in [5, 5.41) is 8.81. The Morgan fingerprint density at radius 3 is 1.25 bits per heavy atom. The van der Waals surface area contributed by atoms with Crippen molar-refractivity contribution in [3.8, 4) is 0 Å². The molecule has 0 aliphatic carbocycles. The average molecular weight is 779 g/mol. The molecule has 1 N–H and O–H groups in total. The van der Waals surface area contributed by atoms with E-state index in [4.69, 9.17) is 19.3 Å². The fourth-order valence-corrected chi connectivity index (χ4v) is 5.82. The van der Waals surface area contributed by atoms with Gasteiger partial charge >= 0.3 is 23.9 Å². The minimum Gasteiger partial charge on any atom is -0.478 e. The molecule has 0 spiro atoms. The fourth-order valence-electron chi connectivity index (χ4n) is 5.82. The van der Waals surface area contributed by atoms with Gasteiger partial charge in [-0.15, -0.1) is 0 Å². The van der Waals surface area contributed by atoms with Gasteiger partial charge in [0.25, 0.3) is 0 Å². The number of aromatic carboxylic acids is 1. The molecule has 4 aromatic rings. The van der Waals surface area contributed by atoms with Gasteiger partial charge in [-0.3, -0.25) is 0 Å². The Hall–Kier alpha value is -5.50. The van der Waals surface area contributed by atoms with Gasteiger partial charge in [-0.05, 0) is 72.9 Å². The van der Waals surface area contributed by atoms with Crippen molar-refractivity contribution in [3.63, 3.8) is 0 Å². The van der Waals surface area contributed by atoms with Crippen LogP contribution < -0.4 is 0 Å². The third-order valence-corrected chi connectivity index (χ3v) is 9.45. The van der Waals surface area contributed by atoms with Crippen LogP contribution in [-0.4, -0.2) is 48.8 Å². The normalized spacial score (nSPS) is 11.3. The lowest BCUT2D eigenvalue weighted by atomic mass is 10.0. The third kappa shape index (κ3) is 18.8. The van der Waals surface area contributed by atoms with E-state index in [0.29, 0.717) is 36.2 Å². The maximum absolute atomic E-state index is 12.6. The lowest BCUT2D eigenvalue weighted by Gasteiger charge is -2.17. The minimum atomic E-state index is -1.15. The topological polar surface area (TPSA) is 116 Å². The highest BCUT2D eigenvalue weighted by Crippen LogP contribution is 2.18. The predicted octanol–water partition coefficient (Wildman–Crippen LogP) is 11.6. The largest absolute Gasteiger partial charge is 0.478 e.